The lowest BCUT2D eigenvalue weighted by atomic mass is 9.95. The van der Waals surface area contributed by atoms with Crippen LogP contribution in [0.3, 0.4) is 0 Å². The number of halogens is 1. The molecule has 0 radical (unpaired) electrons. The molecule has 0 heterocycles. The normalized spacial score (nSPS) is 17.0. The molecule has 114 valence electrons. The fraction of sp³-hybridized carbons (Fsp3) is 0.500. The van der Waals surface area contributed by atoms with E-state index in [1.807, 2.05) is 31.2 Å². The van der Waals surface area contributed by atoms with Gasteiger partial charge in [0.1, 0.15) is 6.04 Å². The third kappa shape index (κ3) is 3.76. The number of rotatable bonds is 7. The quantitative estimate of drug-likeness (QED) is 0.813. The molecule has 1 aromatic rings. The zero-order chi connectivity index (χ0) is 15.5. The molecule has 5 heteroatoms. The molecule has 2 N–H and O–H groups in total. The van der Waals surface area contributed by atoms with E-state index >= 15 is 0 Å². The third-order valence-corrected chi connectivity index (χ3v) is 4.37. The Hall–Kier alpha value is -1.55. The zero-order valence-corrected chi connectivity index (χ0v) is 12.8. The first kappa shape index (κ1) is 15.8. The molecule has 1 amide bonds. The Balaban J connectivity index is 2.04. The van der Waals surface area contributed by atoms with E-state index in [9.17, 15) is 9.59 Å². The van der Waals surface area contributed by atoms with Crippen LogP contribution >= 0.6 is 11.6 Å². The maximum Gasteiger partial charge on any atom is 0.326 e. The molecular formula is C16H20ClNO3. The highest BCUT2D eigenvalue weighted by atomic mass is 35.5. The summed E-state index contributed by atoms with van der Waals surface area (Å²) in [5.74, 6) is -1.14. The number of hydrogen-bond donors (Lipinski definition) is 2. The summed E-state index contributed by atoms with van der Waals surface area (Å²) < 4.78 is 0. The molecule has 4 nitrogen and oxygen atoms in total. The number of carboxylic acid groups (broad SMARTS) is 1. The summed E-state index contributed by atoms with van der Waals surface area (Å²) >= 11 is 6.14. The maximum atomic E-state index is 12.4. The standard InChI is InChI=1S/C16H20ClNO3/c1-2-5-13(14(19)20)18-15(21)16(8-9-16)10-11-6-3-4-7-12(11)17/h3-4,6-7,13H,2,5,8-10H2,1H3,(H,18,21)(H,19,20). The molecule has 1 unspecified atom stereocenters. The van der Waals surface area contributed by atoms with Gasteiger partial charge < -0.3 is 10.4 Å². The van der Waals surface area contributed by atoms with E-state index in [4.69, 9.17) is 16.7 Å². The first-order valence-electron chi connectivity index (χ1n) is 7.26. The zero-order valence-electron chi connectivity index (χ0n) is 12.1. The number of nitrogens with one attached hydrogen (secondary N) is 1. The molecule has 0 saturated heterocycles. The summed E-state index contributed by atoms with van der Waals surface area (Å²) in [6.45, 7) is 1.90. The van der Waals surface area contributed by atoms with E-state index in [1.165, 1.54) is 0 Å². The molecular weight excluding hydrogens is 290 g/mol. The van der Waals surface area contributed by atoms with E-state index in [2.05, 4.69) is 5.32 Å². The van der Waals surface area contributed by atoms with Gasteiger partial charge in [-0.1, -0.05) is 43.1 Å². The van der Waals surface area contributed by atoms with Crippen molar-refractivity contribution in [1.82, 2.24) is 5.32 Å². The molecule has 1 aliphatic carbocycles. The number of benzene rings is 1. The van der Waals surface area contributed by atoms with Crippen LogP contribution in [0, 0.1) is 5.41 Å². The van der Waals surface area contributed by atoms with Crippen LogP contribution in [0.5, 0.6) is 0 Å². The molecule has 2 rings (SSSR count). The average molecular weight is 310 g/mol. The van der Waals surface area contributed by atoms with Gasteiger partial charge in [0.25, 0.3) is 0 Å². The van der Waals surface area contributed by atoms with Crippen LogP contribution in [-0.2, 0) is 16.0 Å². The summed E-state index contributed by atoms with van der Waals surface area (Å²) in [5.41, 5.74) is 0.459. The lowest BCUT2D eigenvalue weighted by molar-refractivity contribution is -0.143. The van der Waals surface area contributed by atoms with Crippen LogP contribution in [0.25, 0.3) is 0 Å². The van der Waals surface area contributed by atoms with Crippen LogP contribution in [0.2, 0.25) is 5.02 Å². The second kappa shape index (κ2) is 6.48. The van der Waals surface area contributed by atoms with Gasteiger partial charge in [-0.2, -0.15) is 0 Å². The Bertz CT molecular complexity index is 540. The highest BCUT2D eigenvalue weighted by Crippen LogP contribution is 2.49. The van der Waals surface area contributed by atoms with Crippen LogP contribution in [0.4, 0.5) is 0 Å². The molecule has 1 saturated carbocycles. The van der Waals surface area contributed by atoms with Gasteiger partial charge in [0, 0.05) is 5.02 Å². The van der Waals surface area contributed by atoms with Gasteiger partial charge in [-0.05, 0) is 37.3 Å². The number of carboxylic acids is 1. The van der Waals surface area contributed by atoms with Crippen molar-refractivity contribution in [2.24, 2.45) is 5.41 Å². The minimum atomic E-state index is -0.973. The monoisotopic (exact) mass is 309 g/mol. The van der Waals surface area contributed by atoms with Gasteiger partial charge in [0.05, 0.1) is 5.41 Å². The van der Waals surface area contributed by atoms with Gasteiger partial charge in [-0.25, -0.2) is 4.79 Å². The molecule has 1 atom stereocenters. The Morgan fingerprint density at radius 2 is 2.05 bits per heavy atom. The van der Waals surface area contributed by atoms with Crippen LogP contribution in [0.15, 0.2) is 24.3 Å². The molecule has 1 aliphatic rings. The molecule has 0 spiro atoms. The maximum absolute atomic E-state index is 12.4. The molecule has 21 heavy (non-hydrogen) atoms. The van der Waals surface area contributed by atoms with Crippen molar-refractivity contribution < 1.29 is 14.7 Å². The van der Waals surface area contributed by atoms with E-state index in [0.717, 1.165) is 24.8 Å². The van der Waals surface area contributed by atoms with Crippen molar-refractivity contribution in [3.05, 3.63) is 34.9 Å². The van der Waals surface area contributed by atoms with Gasteiger partial charge in [-0.3, -0.25) is 4.79 Å². The number of hydrogen-bond acceptors (Lipinski definition) is 2. The van der Waals surface area contributed by atoms with Crippen molar-refractivity contribution in [3.8, 4) is 0 Å². The van der Waals surface area contributed by atoms with E-state index in [0.29, 0.717) is 17.9 Å². The predicted molar refractivity (Wildman–Crippen MR) is 81.3 cm³/mol. The van der Waals surface area contributed by atoms with E-state index in [1.54, 1.807) is 0 Å². The highest BCUT2D eigenvalue weighted by Gasteiger charge is 2.50. The SMILES string of the molecule is CCCC(NC(=O)C1(Cc2ccccc2Cl)CC1)C(=O)O. The second-order valence-electron chi connectivity index (χ2n) is 5.70. The first-order valence-corrected chi connectivity index (χ1v) is 7.63. The Kier molecular flexibility index (Phi) is 4.88. The number of aliphatic carboxylic acids is 1. The topological polar surface area (TPSA) is 66.4 Å². The van der Waals surface area contributed by atoms with Gasteiger partial charge >= 0.3 is 5.97 Å². The summed E-state index contributed by atoms with van der Waals surface area (Å²) in [6.07, 6.45) is 3.29. The van der Waals surface area contributed by atoms with Crippen LogP contribution in [-0.4, -0.2) is 23.0 Å². The largest absolute Gasteiger partial charge is 0.480 e. The second-order valence-corrected chi connectivity index (χ2v) is 6.11. The summed E-state index contributed by atoms with van der Waals surface area (Å²) in [6, 6.07) is 6.67. The summed E-state index contributed by atoms with van der Waals surface area (Å²) in [7, 11) is 0. The lowest BCUT2D eigenvalue weighted by Gasteiger charge is -2.20. The summed E-state index contributed by atoms with van der Waals surface area (Å²) in [5, 5.41) is 12.5. The third-order valence-electron chi connectivity index (χ3n) is 4.00. The van der Waals surface area contributed by atoms with Crippen molar-refractivity contribution >= 4 is 23.5 Å². The minimum absolute atomic E-state index is 0.164. The van der Waals surface area contributed by atoms with Crippen LogP contribution in [0.1, 0.15) is 38.2 Å². The molecule has 1 fully saturated rings. The first-order chi connectivity index (χ1) is 9.98. The molecule has 1 aromatic carbocycles. The molecule has 0 aromatic heterocycles. The average Bonchev–Trinajstić information content (AvgIpc) is 3.22. The van der Waals surface area contributed by atoms with Gasteiger partial charge in [-0.15, -0.1) is 0 Å². The molecule has 0 bridgehead atoms. The Morgan fingerprint density at radius 1 is 1.38 bits per heavy atom. The Labute approximate surface area is 129 Å². The van der Waals surface area contributed by atoms with Crippen molar-refractivity contribution in [2.45, 2.75) is 45.1 Å². The predicted octanol–water partition coefficient (Wildman–Crippen LogP) is 3.03. The van der Waals surface area contributed by atoms with Crippen molar-refractivity contribution in [1.29, 1.82) is 0 Å². The van der Waals surface area contributed by atoms with E-state index in [-0.39, 0.29) is 5.91 Å². The van der Waals surface area contributed by atoms with Gasteiger partial charge in [0.15, 0.2) is 0 Å². The molecule has 0 aliphatic heterocycles. The van der Waals surface area contributed by atoms with Crippen molar-refractivity contribution in [3.63, 3.8) is 0 Å². The Morgan fingerprint density at radius 3 is 2.57 bits per heavy atom. The highest BCUT2D eigenvalue weighted by molar-refractivity contribution is 6.31. The van der Waals surface area contributed by atoms with Crippen LogP contribution < -0.4 is 5.32 Å². The number of carbonyl (C=O) groups is 2. The smallest absolute Gasteiger partial charge is 0.326 e. The fourth-order valence-electron chi connectivity index (χ4n) is 2.50. The number of carbonyl (C=O) groups excluding carboxylic acids is 1. The van der Waals surface area contributed by atoms with Crippen molar-refractivity contribution in [2.75, 3.05) is 0 Å². The van der Waals surface area contributed by atoms with E-state index < -0.39 is 17.4 Å². The number of amides is 1. The summed E-state index contributed by atoms with van der Waals surface area (Å²) in [4.78, 5) is 23.6. The lowest BCUT2D eigenvalue weighted by Crippen LogP contribution is -2.44. The fourth-order valence-corrected chi connectivity index (χ4v) is 2.70. The van der Waals surface area contributed by atoms with Gasteiger partial charge in [0.2, 0.25) is 5.91 Å². The minimum Gasteiger partial charge on any atom is -0.480 e.